The number of hydrogen-bond donors (Lipinski definition) is 3. The van der Waals surface area contributed by atoms with E-state index < -0.39 is 11.9 Å². The fourth-order valence-corrected chi connectivity index (χ4v) is 3.48. The second kappa shape index (κ2) is 8.81. The summed E-state index contributed by atoms with van der Waals surface area (Å²) in [6.07, 6.45) is -0.582. The Bertz CT molecular complexity index is 1120. The van der Waals surface area contributed by atoms with Crippen molar-refractivity contribution in [3.63, 3.8) is 0 Å². The fraction of sp³-hybridized carbons (Fsp3) is 0.273. The summed E-state index contributed by atoms with van der Waals surface area (Å²) >= 11 is 0. The molecule has 1 fully saturated rings. The van der Waals surface area contributed by atoms with Gasteiger partial charge in [0, 0.05) is 37.1 Å². The molecule has 3 heterocycles. The molecule has 2 aromatic heterocycles. The Morgan fingerprint density at radius 2 is 1.88 bits per heavy atom. The van der Waals surface area contributed by atoms with Gasteiger partial charge in [0.25, 0.3) is 0 Å². The molecule has 0 spiro atoms. The lowest BCUT2D eigenvalue weighted by atomic mass is 10.0. The van der Waals surface area contributed by atoms with Crippen LogP contribution in [0, 0.1) is 6.92 Å². The molecule has 1 saturated heterocycles. The van der Waals surface area contributed by atoms with Crippen molar-refractivity contribution in [3.05, 3.63) is 60.0 Å². The van der Waals surface area contributed by atoms with E-state index in [0.29, 0.717) is 24.5 Å². The summed E-state index contributed by atoms with van der Waals surface area (Å²) in [7, 11) is 0. The number of aromatic nitrogens is 3. The van der Waals surface area contributed by atoms with Crippen molar-refractivity contribution in [3.8, 4) is 11.1 Å². The molecule has 0 aliphatic carbocycles. The number of alkyl halides is 3. The number of aryl methyl sites for hydroxylation is 1. The number of carbonyl (C=O) groups is 1. The predicted molar refractivity (Wildman–Crippen MR) is 114 cm³/mol. The van der Waals surface area contributed by atoms with Gasteiger partial charge in [-0.2, -0.15) is 13.2 Å². The van der Waals surface area contributed by atoms with Crippen molar-refractivity contribution < 1.29 is 18.0 Å². The van der Waals surface area contributed by atoms with Gasteiger partial charge in [-0.15, -0.1) is 0 Å². The smallest absolute Gasteiger partial charge is 0.366 e. The summed E-state index contributed by atoms with van der Waals surface area (Å²) in [6, 6.07) is 10.3. The Morgan fingerprint density at radius 3 is 2.62 bits per heavy atom. The first kappa shape index (κ1) is 21.5. The highest BCUT2D eigenvalue weighted by molar-refractivity contribution is 5.77. The van der Waals surface area contributed by atoms with Gasteiger partial charge in [0.2, 0.25) is 11.9 Å². The van der Waals surface area contributed by atoms with Crippen molar-refractivity contribution in [2.75, 3.05) is 17.2 Å². The lowest BCUT2D eigenvalue weighted by Crippen LogP contribution is -2.42. The molecule has 1 atom stereocenters. The Labute approximate surface area is 182 Å². The van der Waals surface area contributed by atoms with Gasteiger partial charge in [0.05, 0.1) is 0 Å². The number of nitrogens with zero attached hydrogens (tertiary/aromatic N) is 3. The highest BCUT2D eigenvalue weighted by Gasteiger charge is 2.32. The van der Waals surface area contributed by atoms with Crippen molar-refractivity contribution >= 4 is 23.4 Å². The molecule has 0 bridgehead atoms. The summed E-state index contributed by atoms with van der Waals surface area (Å²) in [4.78, 5) is 23.1. The maximum atomic E-state index is 12.9. The van der Waals surface area contributed by atoms with E-state index in [0.717, 1.165) is 35.4 Å². The molecule has 0 saturated carbocycles. The molecule has 7 nitrogen and oxygen atoms in total. The average Bonchev–Trinajstić information content (AvgIpc) is 2.75. The Kier molecular flexibility index (Phi) is 5.93. The zero-order chi connectivity index (χ0) is 22.7. The van der Waals surface area contributed by atoms with E-state index >= 15 is 0 Å². The second-order valence-electron chi connectivity index (χ2n) is 7.59. The Hall–Kier alpha value is -3.69. The van der Waals surface area contributed by atoms with Crippen LogP contribution in [0.3, 0.4) is 0 Å². The van der Waals surface area contributed by atoms with Gasteiger partial charge in [-0.25, -0.2) is 15.0 Å². The van der Waals surface area contributed by atoms with Gasteiger partial charge in [-0.1, -0.05) is 6.07 Å². The van der Waals surface area contributed by atoms with E-state index in [1.165, 1.54) is 0 Å². The van der Waals surface area contributed by atoms with Crippen LogP contribution in [0.2, 0.25) is 0 Å². The van der Waals surface area contributed by atoms with Crippen LogP contribution in [0.25, 0.3) is 11.1 Å². The van der Waals surface area contributed by atoms with Crippen molar-refractivity contribution in [1.29, 1.82) is 0 Å². The number of piperidine rings is 1. The van der Waals surface area contributed by atoms with Crippen molar-refractivity contribution in [1.82, 2.24) is 20.3 Å². The largest absolute Gasteiger partial charge is 0.433 e. The van der Waals surface area contributed by atoms with Gasteiger partial charge in [0.15, 0.2) is 0 Å². The maximum absolute atomic E-state index is 12.9. The minimum absolute atomic E-state index is 0.0503. The molecule has 10 heteroatoms. The SMILES string of the molecule is Cc1cc(Nc2nccc(C(F)(F)F)n2)cc(-c2ccnc(N[C@@H]3CCC(=O)NC3)c2)c1. The molecule has 1 aliphatic heterocycles. The van der Waals surface area contributed by atoms with Crippen LogP contribution in [-0.2, 0) is 11.0 Å². The number of pyridine rings is 1. The van der Waals surface area contributed by atoms with E-state index in [1.54, 1.807) is 12.3 Å². The zero-order valence-electron chi connectivity index (χ0n) is 17.2. The number of carbonyl (C=O) groups excluding carboxylic acids is 1. The number of hydrogen-bond acceptors (Lipinski definition) is 6. The average molecular weight is 442 g/mol. The third-order valence-electron chi connectivity index (χ3n) is 4.99. The molecule has 166 valence electrons. The summed E-state index contributed by atoms with van der Waals surface area (Å²) in [5.41, 5.74) is 2.23. The molecule has 0 unspecified atom stereocenters. The van der Waals surface area contributed by atoms with E-state index in [-0.39, 0.29) is 17.9 Å². The van der Waals surface area contributed by atoms with Crippen molar-refractivity contribution in [2.45, 2.75) is 32.0 Å². The number of amides is 1. The fourth-order valence-electron chi connectivity index (χ4n) is 3.48. The third kappa shape index (κ3) is 5.32. The molecule has 1 aliphatic rings. The van der Waals surface area contributed by atoms with Crippen LogP contribution in [0.1, 0.15) is 24.1 Å². The molecule has 32 heavy (non-hydrogen) atoms. The van der Waals surface area contributed by atoms with Crippen LogP contribution < -0.4 is 16.0 Å². The predicted octanol–water partition coefficient (Wildman–Crippen LogP) is 4.30. The molecular formula is C22H21F3N6O. The summed E-state index contributed by atoms with van der Waals surface area (Å²) < 4.78 is 38.8. The number of anilines is 3. The topological polar surface area (TPSA) is 91.8 Å². The van der Waals surface area contributed by atoms with Gasteiger partial charge in [0.1, 0.15) is 11.5 Å². The molecule has 1 amide bonds. The van der Waals surface area contributed by atoms with Crippen molar-refractivity contribution in [2.24, 2.45) is 0 Å². The highest BCUT2D eigenvalue weighted by atomic mass is 19.4. The van der Waals surface area contributed by atoms with Crippen LogP contribution in [0.5, 0.6) is 0 Å². The van der Waals surface area contributed by atoms with Crippen LogP contribution in [0.4, 0.5) is 30.6 Å². The quantitative estimate of drug-likeness (QED) is 0.546. The first-order valence-corrected chi connectivity index (χ1v) is 10.0. The van der Waals surface area contributed by atoms with Gasteiger partial charge in [-0.05, 0) is 60.4 Å². The number of nitrogens with one attached hydrogen (secondary N) is 3. The van der Waals surface area contributed by atoms with Gasteiger partial charge >= 0.3 is 6.18 Å². The van der Waals surface area contributed by atoms with Crippen LogP contribution >= 0.6 is 0 Å². The van der Waals surface area contributed by atoms with E-state index in [2.05, 4.69) is 30.9 Å². The molecular weight excluding hydrogens is 421 g/mol. The van der Waals surface area contributed by atoms with Crippen LogP contribution in [-0.4, -0.2) is 33.4 Å². The monoisotopic (exact) mass is 442 g/mol. The lowest BCUT2D eigenvalue weighted by Gasteiger charge is -2.24. The highest BCUT2D eigenvalue weighted by Crippen LogP contribution is 2.30. The second-order valence-corrected chi connectivity index (χ2v) is 7.59. The normalized spacial score (nSPS) is 16.4. The molecule has 1 aromatic carbocycles. The Morgan fingerprint density at radius 1 is 1.06 bits per heavy atom. The first-order chi connectivity index (χ1) is 15.3. The maximum Gasteiger partial charge on any atom is 0.433 e. The zero-order valence-corrected chi connectivity index (χ0v) is 17.2. The van der Waals surface area contributed by atoms with Gasteiger partial charge < -0.3 is 16.0 Å². The molecule has 0 radical (unpaired) electrons. The molecule has 3 aromatic rings. The summed E-state index contributed by atoms with van der Waals surface area (Å²) in [5, 5.41) is 9.02. The van der Waals surface area contributed by atoms with E-state index in [1.807, 2.05) is 31.2 Å². The molecule has 3 N–H and O–H groups in total. The minimum Gasteiger partial charge on any atom is -0.366 e. The number of benzene rings is 1. The number of rotatable bonds is 5. The minimum atomic E-state index is -4.54. The lowest BCUT2D eigenvalue weighted by molar-refractivity contribution is -0.141. The van der Waals surface area contributed by atoms with Crippen LogP contribution in [0.15, 0.2) is 48.8 Å². The van der Waals surface area contributed by atoms with E-state index in [9.17, 15) is 18.0 Å². The van der Waals surface area contributed by atoms with E-state index in [4.69, 9.17) is 0 Å². The van der Waals surface area contributed by atoms with Gasteiger partial charge in [-0.3, -0.25) is 4.79 Å². The Balaban J connectivity index is 1.55. The first-order valence-electron chi connectivity index (χ1n) is 10.0. The standard InChI is InChI=1S/C22H21F3N6O/c1-13-8-15(10-17(9-13)30-21-27-7-5-18(31-21)22(23,24)25)14-4-6-26-19(11-14)29-16-2-3-20(32)28-12-16/h4-11,16H,2-3,12H2,1H3,(H,26,29)(H,28,32)(H,27,30,31)/t16-/m1/s1. The summed E-state index contributed by atoms with van der Waals surface area (Å²) in [6.45, 7) is 2.44. The molecule has 4 rings (SSSR count). The number of halogens is 3. The summed E-state index contributed by atoms with van der Waals surface area (Å²) in [5.74, 6) is 0.600. The third-order valence-corrected chi connectivity index (χ3v) is 4.99.